The Balaban J connectivity index is 1.48. The molecule has 0 saturated carbocycles. The number of amides is 1. The maximum Gasteiger partial charge on any atom is 0.257 e. The number of anilines is 1. The van der Waals surface area contributed by atoms with Crippen LogP contribution in [0.3, 0.4) is 0 Å². The van der Waals surface area contributed by atoms with Crippen LogP contribution in [0, 0.1) is 20.8 Å². The largest absolute Gasteiger partial charge is 0.373 e. The SMILES string of the molecule is Cc1cc(C)c(-c2csc(NC(=O)c3ccc(S(=O)(=O)N4CC(C)OC(C)C4)cc3)n2)c(C)c1. The summed E-state index contributed by atoms with van der Waals surface area (Å²) >= 11 is 1.36. The highest BCUT2D eigenvalue weighted by Gasteiger charge is 2.32. The summed E-state index contributed by atoms with van der Waals surface area (Å²) in [6.45, 7) is 10.5. The molecule has 3 aromatic rings. The number of morpholine rings is 1. The number of ether oxygens (including phenoxy) is 1. The summed E-state index contributed by atoms with van der Waals surface area (Å²) in [6.07, 6.45) is -0.335. The second-order valence-electron chi connectivity index (χ2n) is 8.87. The number of benzene rings is 2. The molecule has 0 bridgehead atoms. The van der Waals surface area contributed by atoms with Gasteiger partial charge in [-0.3, -0.25) is 10.1 Å². The van der Waals surface area contributed by atoms with Crippen LogP contribution in [0.25, 0.3) is 11.3 Å². The average molecular weight is 500 g/mol. The first-order valence-electron chi connectivity index (χ1n) is 11.2. The number of nitrogens with zero attached hydrogens (tertiary/aromatic N) is 2. The lowest BCUT2D eigenvalue weighted by Crippen LogP contribution is -2.48. The number of rotatable bonds is 5. The second kappa shape index (κ2) is 9.58. The molecular formula is C25H29N3O4S2. The minimum Gasteiger partial charge on any atom is -0.373 e. The van der Waals surface area contributed by atoms with Gasteiger partial charge in [0.05, 0.1) is 22.8 Å². The average Bonchev–Trinajstić information content (AvgIpc) is 3.20. The van der Waals surface area contributed by atoms with Crippen LogP contribution >= 0.6 is 11.3 Å². The van der Waals surface area contributed by atoms with Gasteiger partial charge in [-0.25, -0.2) is 13.4 Å². The molecule has 1 saturated heterocycles. The quantitative estimate of drug-likeness (QED) is 0.546. The van der Waals surface area contributed by atoms with E-state index in [9.17, 15) is 13.2 Å². The van der Waals surface area contributed by atoms with Crippen molar-refractivity contribution >= 4 is 32.4 Å². The molecule has 7 nitrogen and oxygen atoms in total. The van der Waals surface area contributed by atoms with Gasteiger partial charge in [0.1, 0.15) is 0 Å². The number of hydrogen-bond acceptors (Lipinski definition) is 6. The molecule has 2 heterocycles. The van der Waals surface area contributed by atoms with E-state index in [0.717, 1.165) is 22.4 Å². The molecule has 1 aromatic heterocycles. The van der Waals surface area contributed by atoms with Crippen molar-refractivity contribution in [3.8, 4) is 11.3 Å². The lowest BCUT2D eigenvalue weighted by Gasteiger charge is -2.34. The lowest BCUT2D eigenvalue weighted by molar-refractivity contribution is -0.0440. The molecule has 0 aliphatic carbocycles. The molecule has 4 rings (SSSR count). The van der Waals surface area contributed by atoms with Crippen LogP contribution < -0.4 is 5.32 Å². The molecule has 1 amide bonds. The third-order valence-corrected chi connectivity index (χ3v) is 8.40. The van der Waals surface area contributed by atoms with Gasteiger partial charge in [-0.1, -0.05) is 17.7 Å². The topological polar surface area (TPSA) is 88.6 Å². The summed E-state index contributed by atoms with van der Waals surface area (Å²) in [7, 11) is -3.66. The van der Waals surface area contributed by atoms with Gasteiger partial charge >= 0.3 is 0 Å². The fraction of sp³-hybridized carbons (Fsp3) is 0.360. The Morgan fingerprint density at radius 3 is 2.24 bits per heavy atom. The van der Waals surface area contributed by atoms with E-state index in [-0.39, 0.29) is 23.0 Å². The number of aromatic nitrogens is 1. The van der Waals surface area contributed by atoms with Crippen LogP contribution in [-0.2, 0) is 14.8 Å². The molecule has 180 valence electrons. The first kappa shape index (κ1) is 24.5. The molecule has 1 aliphatic heterocycles. The van der Waals surface area contributed by atoms with Gasteiger partial charge < -0.3 is 4.74 Å². The fourth-order valence-electron chi connectivity index (χ4n) is 4.45. The van der Waals surface area contributed by atoms with Crippen molar-refractivity contribution in [1.29, 1.82) is 0 Å². The Kier molecular flexibility index (Phi) is 6.91. The van der Waals surface area contributed by atoms with E-state index in [2.05, 4.69) is 43.2 Å². The third-order valence-electron chi connectivity index (χ3n) is 5.80. The minimum atomic E-state index is -3.66. The zero-order valence-electron chi connectivity index (χ0n) is 20.0. The Morgan fingerprint density at radius 1 is 1.06 bits per heavy atom. The van der Waals surface area contributed by atoms with Gasteiger partial charge in [-0.15, -0.1) is 11.3 Å². The van der Waals surface area contributed by atoms with Crippen molar-refractivity contribution in [1.82, 2.24) is 9.29 Å². The summed E-state index contributed by atoms with van der Waals surface area (Å²) in [5, 5.41) is 5.25. The highest BCUT2D eigenvalue weighted by atomic mass is 32.2. The van der Waals surface area contributed by atoms with Gasteiger partial charge in [0.2, 0.25) is 10.0 Å². The Hall–Kier alpha value is -2.59. The Labute approximate surface area is 204 Å². The predicted molar refractivity (Wildman–Crippen MR) is 135 cm³/mol. The monoisotopic (exact) mass is 499 g/mol. The van der Waals surface area contributed by atoms with Gasteiger partial charge in [-0.05, 0) is 70.0 Å². The normalized spacial score (nSPS) is 19.2. The number of carbonyl (C=O) groups is 1. The van der Waals surface area contributed by atoms with Gasteiger partial charge in [0.15, 0.2) is 5.13 Å². The second-order valence-corrected chi connectivity index (χ2v) is 11.7. The van der Waals surface area contributed by atoms with Crippen molar-refractivity contribution in [2.45, 2.75) is 51.7 Å². The summed E-state index contributed by atoms with van der Waals surface area (Å²) < 4.78 is 33.1. The van der Waals surface area contributed by atoms with E-state index in [1.165, 1.54) is 45.5 Å². The number of sulfonamides is 1. The zero-order valence-corrected chi connectivity index (χ0v) is 21.6. The maximum absolute atomic E-state index is 13.0. The summed E-state index contributed by atoms with van der Waals surface area (Å²) in [4.78, 5) is 17.5. The first-order chi connectivity index (χ1) is 16.0. The molecule has 1 fully saturated rings. The highest BCUT2D eigenvalue weighted by molar-refractivity contribution is 7.89. The van der Waals surface area contributed by atoms with Crippen LogP contribution in [0.5, 0.6) is 0 Å². The lowest BCUT2D eigenvalue weighted by atomic mass is 9.98. The molecule has 2 aromatic carbocycles. The number of nitrogens with one attached hydrogen (secondary N) is 1. The Bertz CT molecular complexity index is 1280. The molecule has 0 radical (unpaired) electrons. The Morgan fingerprint density at radius 2 is 1.65 bits per heavy atom. The van der Waals surface area contributed by atoms with E-state index in [4.69, 9.17) is 4.74 Å². The summed E-state index contributed by atoms with van der Waals surface area (Å²) in [5.41, 5.74) is 5.74. The standard InChI is InChI=1S/C25H29N3O4S2/c1-15-10-16(2)23(17(3)11-15)22-14-33-25(26-22)27-24(29)20-6-8-21(9-7-20)34(30,31)28-12-18(4)32-19(5)13-28/h6-11,14,18-19H,12-13H2,1-5H3,(H,26,27,29). The smallest absolute Gasteiger partial charge is 0.257 e. The molecule has 1 N–H and O–H groups in total. The van der Waals surface area contributed by atoms with Crippen LogP contribution in [0.1, 0.15) is 40.9 Å². The predicted octanol–water partition coefficient (Wildman–Crippen LogP) is 4.79. The van der Waals surface area contributed by atoms with E-state index in [1.807, 2.05) is 19.2 Å². The van der Waals surface area contributed by atoms with E-state index in [0.29, 0.717) is 23.8 Å². The summed E-state index contributed by atoms with van der Waals surface area (Å²) in [6, 6.07) is 10.2. The van der Waals surface area contributed by atoms with E-state index < -0.39 is 10.0 Å². The molecule has 9 heteroatoms. The first-order valence-corrected chi connectivity index (χ1v) is 13.5. The minimum absolute atomic E-state index is 0.159. The van der Waals surface area contributed by atoms with Crippen molar-refractivity contribution < 1.29 is 17.9 Å². The van der Waals surface area contributed by atoms with Crippen LogP contribution in [-0.4, -0.2) is 48.9 Å². The van der Waals surface area contributed by atoms with Crippen LogP contribution in [0.15, 0.2) is 46.7 Å². The molecule has 2 atom stereocenters. The summed E-state index contributed by atoms with van der Waals surface area (Å²) in [5.74, 6) is -0.337. The van der Waals surface area contributed by atoms with Crippen molar-refractivity contribution in [2.75, 3.05) is 18.4 Å². The van der Waals surface area contributed by atoms with Crippen molar-refractivity contribution in [3.63, 3.8) is 0 Å². The maximum atomic E-state index is 13.0. The number of aryl methyl sites for hydroxylation is 3. The molecule has 0 spiro atoms. The van der Waals surface area contributed by atoms with Gasteiger partial charge in [0.25, 0.3) is 5.91 Å². The van der Waals surface area contributed by atoms with E-state index >= 15 is 0 Å². The number of hydrogen-bond donors (Lipinski definition) is 1. The molecule has 2 unspecified atom stereocenters. The van der Waals surface area contributed by atoms with Crippen molar-refractivity contribution in [3.05, 3.63) is 64.0 Å². The van der Waals surface area contributed by atoms with Gasteiger partial charge in [-0.2, -0.15) is 4.31 Å². The van der Waals surface area contributed by atoms with Gasteiger partial charge in [0, 0.05) is 29.6 Å². The highest BCUT2D eigenvalue weighted by Crippen LogP contribution is 2.31. The number of carbonyl (C=O) groups excluding carboxylic acids is 1. The molecular weight excluding hydrogens is 470 g/mol. The van der Waals surface area contributed by atoms with Crippen molar-refractivity contribution in [2.24, 2.45) is 0 Å². The molecule has 34 heavy (non-hydrogen) atoms. The van der Waals surface area contributed by atoms with Crippen LogP contribution in [0.2, 0.25) is 0 Å². The molecule has 1 aliphatic rings. The zero-order chi connectivity index (χ0) is 24.6. The number of thiazole rings is 1. The third kappa shape index (κ3) is 5.07. The van der Waals surface area contributed by atoms with Crippen LogP contribution in [0.4, 0.5) is 5.13 Å². The fourth-order valence-corrected chi connectivity index (χ4v) is 6.74. The van der Waals surface area contributed by atoms with E-state index in [1.54, 1.807) is 0 Å².